The van der Waals surface area contributed by atoms with E-state index in [4.69, 9.17) is 11.6 Å². The molecule has 4 heteroatoms. The van der Waals surface area contributed by atoms with Gasteiger partial charge in [0.05, 0.1) is 24.2 Å². The van der Waals surface area contributed by atoms with Crippen molar-refractivity contribution >= 4 is 11.6 Å². The number of nitrogens with zero attached hydrogens (tertiary/aromatic N) is 2. The van der Waals surface area contributed by atoms with Gasteiger partial charge in [0.1, 0.15) is 0 Å². The van der Waals surface area contributed by atoms with Crippen molar-refractivity contribution in [3.63, 3.8) is 0 Å². The Morgan fingerprint density at radius 1 is 1.67 bits per heavy atom. The van der Waals surface area contributed by atoms with Crippen molar-refractivity contribution in [1.82, 2.24) is 9.78 Å². The Morgan fingerprint density at radius 2 is 2.33 bits per heavy atom. The van der Waals surface area contributed by atoms with Gasteiger partial charge in [-0.3, -0.25) is 4.68 Å². The fourth-order valence-corrected chi connectivity index (χ4v) is 1.21. The SMILES string of the molecule is Cc1cc(C)n(CC(O)CCl)n1. The fourth-order valence-electron chi connectivity index (χ4n) is 1.11. The van der Waals surface area contributed by atoms with E-state index in [9.17, 15) is 5.11 Å². The third kappa shape index (κ3) is 2.22. The average molecular weight is 189 g/mol. The zero-order chi connectivity index (χ0) is 9.14. The van der Waals surface area contributed by atoms with E-state index in [1.165, 1.54) is 0 Å². The molecule has 0 spiro atoms. The maximum Gasteiger partial charge on any atom is 0.0871 e. The highest BCUT2D eigenvalue weighted by atomic mass is 35.5. The molecule has 1 N–H and O–H groups in total. The van der Waals surface area contributed by atoms with E-state index in [0.717, 1.165) is 11.4 Å². The first kappa shape index (κ1) is 9.55. The molecule has 12 heavy (non-hydrogen) atoms. The second kappa shape index (κ2) is 3.92. The molecule has 0 saturated carbocycles. The van der Waals surface area contributed by atoms with Crippen LogP contribution in [-0.4, -0.2) is 26.9 Å². The summed E-state index contributed by atoms with van der Waals surface area (Å²) in [5, 5.41) is 13.4. The second-order valence-corrected chi connectivity index (χ2v) is 3.23. The standard InChI is InChI=1S/C8H13ClN2O/c1-6-3-7(2)11(10-6)5-8(12)4-9/h3,8,12H,4-5H2,1-2H3. The van der Waals surface area contributed by atoms with Crippen LogP contribution >= 0.6 is 11.6 Å². The number of aromatic nitrogens is 2. The molecule has 0 aliphatic carbocycles. The highest BCUT2D eigenvalue weighted by Gasteiger charge is 2.06. The number of aliphatic hydroxyl groups is 1. The number of hydrogen-bond donors (Lipinski definition) is 1. The molecule has 1 aromatic heterocycles. The molecule has 0 bridgehead atoms. The van der Waals surface area contributed by atoms with Crippen LogP contribution in [0.1, 0.15) is 11.4 Å². The van der Waals surface area contributed by atoms with E-state index < -0.39 is 6.10 Å². The molecule has 0 amide bonds. The van der Waals surface area contributed by atoms with Crippen LogP contribution in [0.3, 0.4) is 0 Å². The molecule has 0 aromatic carbocycles. The summed E-state index contributed by atoms with van der Waals surface area (Å²) < 4.78 is 1.77. The van der Waals surface area contributed by atoms with Gasteiger partial charge in [0.25, 0.3) is 0 Å². The molecule has 0 fully saturated rings. The molecule has 1 rings (SSSR count). The molecule has 0 aliphatic heterocycles. The molecule has 0 aliphatic rings. The van der Waals surface area contributed by atoms with Crippen molar-refractivity contribution in [3.8, 4) is 0 Å². The Hall–Kier alpha value is -0.540. The van der Waals surface area contributed by atoms with Gasteiger partial charge < -0.3 is 5.11 Å². The number of halogens is 1. The smallest absolute Gasteiger partial charge is 0.0871 e. The van der Waals surface area contributed by atoms with E-state index in [2.05, 4.69) is 5.10 Å². The summed E-state index contributed by atoms with van der Waals surface area (Å²) in [4.78, 5) is 0. The summed E-state index contributed by atoms with van der Waals surface area (Å²) in [6.07, 6.45) is -0.510. The summed E-state index contributed by atoms with van der Waals surface area (Å²) in [5.74, 6) is 0.248. The van der Waals surface area contributed by atoms with Gasteiger partial charge in [-0.2, -0.15) is 5.10 Å². The molecule has 0 radical (unpaired) electrons. The zero-order valence-electron chi connectivity index (χ0n) is 7.29. The van der Waals surface area contributed by atoms with Crippen molar-refractivity contribution in [2.75, 3.05) is 5.88 Å². The second-order valence-electron chi connectivity index (χ2n) is 2.92. The Balaban J connectivity index is 2.68. The average Bonchev–Trinajstić information content (AvgIpc) is 2.30. The minimum Gasteiger partial charge on any atom is -0.390 e. The Bertz CT molecular complexity index is 260. The van der Waals surface area contributed by atoms with Crippen LogP contribution in [0.4, 0.5) is 0 Å². The third-order valence-electron chi connectivity index (χ3n) is 1.67. The number of rotatable bonds is 3. The first-order valence-electron chi connectivity index (χ1n) is 3.88. The lowest BCUT2D eigenvalue weighted by molar-refractivity contribution is 0.170. The summed E-state index contributed by atoms with van der Waals surface area (Å²) in [6, 6.07) is 1.97. The molecule has 1 atom stereocenters. The minimum absolute atomic E-state index is 0.248. The predicted molar refractivity (Wildman–Crippen MR) is 48.4 cm³/mol. The molecule has 1 unspecified atom stereocenters. The Kier molecular flexibility index (Phi) is 3.12. The predicted octanol–water partition coefficient (Wildman–Crippen LogP) is 1.10. The lowest BCUT2D eigenvalue weighted by Gasteiger charge is -2.07. The maximum atomic E-state index is 9.25. The van der Waals surface area contributed by atoms with E-state index in [1.807, 2.05) is 19.9 Å². The van der Waals surface area contributed by atoms with Gasteiger partial charge in [-0.1, -0.05) is 0 Å². The van der Waals surface area contributed by atoms with Gasteiger partial charge in [0, 0.05) is 5.69 Å². The van der Waals surface area contributed by atoms with Crippen molar-refractivity contribution in [3.05, 3.63) is 17.5 Å². The van der Waals surface area contributed by atoms with Crippen LogP contribution in [0.2, 0.25) is 0 Å². The first-order valence-corrected chi connectivity index (χ1v) is 4.42. The number of hydrogen-bond acceptors (Lipinski definition) is 2. The highest BCUT2D eigenvalue weighted by molar-refractivity contribution is 6.18. The molecule has 1 heterocycles. The lowest BCUT2D eigenvalue weighted by atomic mass is 10.4. The van der Waals surface area contributed by atoms with Crippen molar-refractivity contribution < 1.29 is 5.11 Å². The zero-order valence-corrected chi connectivity index (χ0v) is 8.04. The van der Waals surface area contributed by atoms with E-state index in [-0.39, 0.29) is 5.88 Å². The number of aryl methyl sites for hydroxylation is 2. The van der Waals surface area contributed by atoms with Crippen LogP contribution < -0.4 is 0 Å². The highest BCUT2D eigenvalue weighted by Crippen LogP contribution is 2.03. The van der Waals surface area contributed by atoms with Crippen molar-refractivity contribution in [1.29, 1.82) is 0 Å². The minimum atomic E-state index is -0.510. The maximum absolute atomic E-state index is 9.25. The van der Waals surface area contributed by atoms with Crippen LogP contribution in [0.15, 0.2) is 6.07 Å². The summed E-state index contributed by atoms with van der Waals surface area (Å²) >= 11 is 5.47. The quantitative estimate of drug-likeness (QED) is 0.722. The van der Waals surface area contributed by atoms with Gasteiger partial charge in [0.15, 0.2) is 0 Å². The van der Waals surface area contributed by atoms with Crippen LogP contribution in [-0.2, 0) is 6.54 Å². The molecular formula is C8H13ClN2O. The summed E-state index contributed by atoms with van der Waals surface area (Å²) in [5.41, 5.74) is 2.02. The van der Waals surface area contributed by atoms with Crippen LogP contribution in [0.25, 0.3) is 0 Å². The fraction of sp³-hybridized carbons (Fsp3) is 0.625. The van der Waals surface area contributed by atoms with Gasteiger partial charge in [0.2, 0.25) is 0 Å². The van der Waals surface area contributed by atoms with Crippen LogP contribution in [0.5, 0.6) is 0 Å². The lowest BCUT2D eigenvalue weighted by Crippen LogP contribution is -2.19. The summed E-state index contributed by atoms with van der Waals surface area (Å²) in [7, 11) is 0. The third-order valence-corrected chi connectivity index (χ3v) is 2.02. The number of alkyl halides is 1. The topological polar surface area (TPSA) is 38.0 Å². The first-order chi connectivity index (χ1) is 5.63. The van der Waals surface area contributed by atoms with Gasteiger partial charge in [-0.15, -0.1) is 11.6 Å². The van der Waals surface area contributed by atoms with Gasteiger partial charge in [-0.05, 0) is 19.9 Å². The Morgan fingerprint density at radius 3 is 2.75 bits per heavy atom. The number of aliphatic hydroxyl groups excluding tert-OH is 1. The molecule has 1 aromatic rings. The molecular weight excluding hydrogens is 176 g/mol. The normalized spacial score (nSPS) is 13.3. The molecule has 3 nitrogen and oxygen atoms in total. The monoisotopic (exact) mass is 188 g/mol. The van der Waals surface area contributed by atoms with Gasteiger partial charge in [-0.25, -0.2) is 0 Å². The van der Waals surface area contributed by atoms with Gasteiger partial charge >= 0.3 is 0 Å². The van der Waals surface area contributed by atoms with Crippen molar-refractivity contribution in [2.45, 2.75) is 26.5 Å². The molecule has 68 valence electrons. The molecule has 0 saturated heterocycles. The van der Waals surface area contributed by atoms with E-state index >= 15 is 0 Å². The largest absolute Gasteiger partial charge is 0.390 e. The summed E-state index contributed by atoms with van der Waals surface area (Å²) in [6.45, 7) is 4.36. The van der Waals surface area contributed by atoms with E-state index in [1.54, 1.807) is 4.68 Å². The Labute approximate surface area is 77.0 Å². The van der Waals surface area contributed by atoms with E-state index in [0.29, 0.717) is 6.54 Å². The van der Waals surface area contributed by atoms with Crippen LogP contribution in [0, 0.1) is 13.8 Å². The van der Waals surface area contributed by atoms with Crippen molar-refractivity contribution in [2.24, 2.45) is 0 Å².